The third-order valence-electron chi connectivity index (χ3n) is 4.98. The average Bonchev–Trinajstić information content (AvgIpc) is 2.81. The molecule has 0 spiro atoms. The van der Waals surface area contributed by atoms with E-state index in [1.807, 2.05) is 37.3 Å². The van der Waals surface area contributed by atoms with Gasteiger partial charge in [-0.25, -0.2) is 8.42 Å². The molecule has 3 aromatic rings. The highest BCUT2D eigenvalue weighted by atomic mass is 35.5. The molecule has 0 fully saturated rings. The number of anilines is 1. The molecule has 0 aliphatic carbocycles. The molecule has 1 amide bonds. The van der Waals surface area contributed by atoms with E-state index in [9.17, 15) is 13.2 Å². The van der Waals surface area contributed by atoms with Crippen LogP contribution < -0.4 is 9.62 Å². The maximum atomic E-state index is 13.4. The van der Waals surface area contributed by atoms with Crippen molar-refractivity contribution < 1.29 is 13.2 Å². The molecule has 0 atom stereocenters. The Kier molecular flexibility index (Phi) is 9.71. The molecule has 34 heavy (non-hydrogen) atoms. The Morgan fingerprint density at radius 2 is 1.74 bits per heavy atom. The molecule has 0 heterocycles. The smallest absolute Gasteiger partial charge is 0.264 e. The van der Waals surface area contributed by atoms with Gasteiger partial charge < -0.3 is 5.32 Å². The molecule has 0 aliphatic rings. The number of carbonyl (C=O) groups excluding carboxylic acids is 1. The van der Waals surface area contributed by atoms with Gasteiger partial charge >= 0.3 is 0 Å². The fraction of sp³-hybridized carbons (Fsp3) is 0.240. The molecule has 180 valence electrons. The highest BCUT2D eigenvalue weighted by Gasteiger charge is 2.27. The zero-order valence-corrected chi connectivity index (χ0v) is 21.9. The molecule has 9 heteroatoms. The van der Waals surface area contributed by atoms with Gasteiger partial charge in [0.15, 0.2) is 0 Å². The van der Waals surface area contributed by atoms with Crippen molar-refractivity contribution >= 4 is 56.6 Å². The predicted molar refractivity (Wildman–Crippen MR) is 142 cm³/mol. The maximum Gasteiger partial charge on any atom is 0.264 e. The monoisotopic (exact) mass is 536 g/mol. The van der Waals surface area contributed by atoms with Crippen LogP contribution in [0.15, 0.2) is 77.7 Å². The fourth-order valence-corrected chi connectivity index (χ4v) is 6.00. The van der Waals surface area contributed by atoms with Crippen molar-refractivity contribution in [1.29, 1.82) is 0 Å². The zero-order chi connectivity index (χ0) is 24.6. The number of amides is 1. The van der Waals surface area contributed by atoms with Gasteiger partial charge in [0.25, 0.3) is 10.0 Å². The third kappa shape index (κ3) is 7.40. The summed E-state index contributed by atoms with van der Waals surface area (Å²) in [6.07, 6.45) is 0.759. The summed E-state index contributed by atoms with van der Waals surface area (Å²) in [7, 11) is -3.96. The minimum absolute atomic E-state index is 0.0715. The van der Waals surface area contributed by atoms with Crippen molar-refractivity contribution in [3.8, 4) is 0 Å². The lowest BCUT2D eigenvalue weighted by Gasteiger charge is -2.24. The number of halogens is 2. The lowest BCUT2D eigenvalue weighted by molar-refractivity contribution is -0.119. The minimum Gasteiger partial charge on any atom is -0.354 e. The molecular formula is C25H26Cl2N2O3S2. The highest BCUT2D eigenvalue weighted by Crippen LogP contribution is 2.25. The summed E-state index contributed by atoms with van der Waals surface area (Å²) in [5.41, 5.74) is 2.41. The topological polar surface area (TPSA) is 66.5 Å². The second-order valence-corrected chi connectivity index (χ2v) is 11.5. The van der Waals surface area contributed by atoms with Crippen molar-refractivity contribution in [2.45, 2.75) is 24.0 Å². The molecule has 0 unspecified atom stereocenters. The van der Waals surface area contributed by atoms with Crippen molar-refractivity contribution in [1.82, 2.24) is 5.32 Å². The van der Waals surface area contributed by atoms with Crippen LogP contribution in [0.3, 0.4) is 0 Å². The number of nitrogens with zero attached hydrogens (tertiary/aromatic N) is 1. The van der Waals surface area contributed by atoms with Gasteiger partial charge in [0.2, 0.25) is 5.91 Å². The molecule has 0 aliphatic heterocycles. The lowest BCUT2D eigenvalue weighted by atomic mass is 10.2. The van der Waals surface area contributed by atoms with E-state index in [1.165, 1.54) is 24.3 Å². The molecule has 0 aromatic heterocycles. The van der Waals surface area contributed by atoms with Crippen molar-refractivity contribution in [3.05, 3.63) is 94.0 Å². The van der Waals surface area contributed by atoms with Gasteiger partial charge in [-0.1, -0.05) is 53.5 Å². The predicted octanol–water partition coefficient (Wildman–Crippen LogP) is 5.94. The number of carbonyl (C=O) groups is 1. The number of benzene rings is 3. The number of hydrogen-bond donors (Lipinski definition) is 1. The summed E-state index contributed by atoms with van der Waals surface area (Å²) in [6, 6.07) is 20.7. The van der Waals surface area contributed by atoms with Crippen LogP contribution in [-0.2, 0) is 20.6 Å². The summed E-state index contributed by atoms with van der Waals surface area (Å²) < 4.78 is 27.8. The first-order chi connectivity index (χ1) is 16.3. The second kappa shape index (κ2) is 12.5. The van der Waals surface area contributed by atoms with Crippen molar-refractivity contribution in [2.24, 2.45) is 0 Å². The van der Waals surface area contributed by atoms with Crippen molar-refractivity contribution in [3.63, 3.8) is 0 Å². The molecule has 3 aromatic carbocycles. The first kappa shape index (κ1) is 26.4. The molecule has 3 rings (SSSR count). The lowest BCUT2D eigenvalue weighted by Crippen LogP contribution is -2.41. The van der Waals surface area contributed by atoms with Gasteiger partial charge in [0.05, 0.1) is 10.6 Å². The largest absolute Gasteiger partial charge is 0.354 e. The average molecular weight is 538 g/mol. The standard InChI is InChI=1S/C25H26Cl2N2O3S2/c1-19-6-4-8-22(16-19)29(34(31,32)23-12-10-21(26)11-13-23)17-25(30)28-14-5-15-33-18-20-7-2-3-9-24(20)27/h2-4,6-13,16H,5,14-15,17-18H2,1H3,(H,28,30). The number of sulfonamides is 1. The summed E-state index contributed by atoms with van der Waals surface area (Å²) in [5.74, 6) is 1.28. The molecular weight excluding hydrogens is 511 g/mol. The number of hydrogen-bond acceptors (Lipinski definition) is 4. The van der Waals surface area contributed by atoms with Crippen LogP contribution in [0.2, 0.25) is 10.0 Å². The van der Waals surface area contributed by atoms with Gasteiger partial charge in [0.1, 0.15) is 6.54 Å². The molecule has 0 saturated carbocycles. The SMILES string of the molecule is Cc1cccc(N(CC(=O)NCCCSCc2ccccc2Cl)S(=O)(=O)c2ccc(Cl)cc2)c1. The van der Waals surface area contributed by atoms with Crippen LogP contribution in [0, 0.1) is 6.92 Å². The van der Waals surface area contributed by atoms with Gasteiger partial charge in [-0.2, -0.15) is 11.8 Å². The fourth-order valence-electron chi connectivity index (χ4n) is 3.22. The number of aryl methyl sites for hydroxylation is 1. The molecule has 0 radical (unpaired) electrons. The quantitative estimate of drug-likeness (QED) is 0.308. The summed E-state index contributed by atoms with van der Waals surface area (Å²) in [6.45, 7) is 2.01. The van der Waals surface area contributed by atoms with Crippen LogP contribution in [0.1, 0.15) is 17.5 Å². The Morgan fingerprint density at radius 1 is 1.00 bits per heavy atom. The zero-order valence-electron chi connectivity index (χ0n) is 18.7. The van der Waals surface area contributed by atoms with E-state index in [1.54, 1.807) is 30.0 Å². The first-order valence-corrected chi connectivity index (χ1v) is 14.1. The Hall–Kier alpha value is -2.19. The maximum absolute atomic E-state index is 13.4. The number of thioether (sulfide) groups is 1. The Labute approximate surface area is 215 Å². The van der Waals surface area contributed by atoms with Gasteiger partial charge in [0, 0.05) is 22.3 Å². The second-order valence-electron chi connectivity index (χ2n) is 7.65. The minimum atomic E-state index is -3.96. The van der Waals surface area contributed by atoms with E-state index in [0.717, 1.165) is 38.4 Å². The summed E-state index contributed by atoms with van der Waals surface area (Å²) in [4.78, 5) is 12.8. The van der Waals surface area contributed by atoms with Crippen LogP contribution in [0.25, 0.3) is 0 Å². The van der Waals surface area contributed by atoms with Crippen LogP contribution in [0.5, 0.6) is 0 Å². The Morgan fingerprint density at radius 3 is 2.44 bits per heavy atom. The van der Waals surface area contributed by atoms with Gasteiger partial charge in [-0.15, -0.1) is 0 Å². The van der Waals surface area contributed by atoms with E-state index in [2.05, 4.69) is 5.32 Å². The molecule has 0 saturated heterocycles. The van der Waals surface area contributed by atoms with Gasteiger partial charge in [-0.3, -0.25) is 9.10 Å². The van der Waals surface area contributed by atoms with E-state index < -0.39 is 10.0 Å². The first-order valence-electron chi connectivity index (χ1n) is 10.7. The van der Waals surface area contributed by atoms with E-state index in [-0.39, 0.29) is 17.3 Å². The van der Waals surface area contributed by atoms with Crippen LogP contribution >= 0.6 is 35.0 Å². The van der Waals surface area contributed by atoms with Gasteiger partial charge in [-0.05, 0) is 72.7 Å². The third-order valence-corrected chi connectivity index (χ3v) is 8.48. The molecule has 5 nitrogen and oxygen atoms in total. The molecule has 1 N–H and O–H groups in total. The number of rotatable bonds is 11. The Bertz CT molecular complexity index is 1220. The van der Waals surface area contributed by atoms with E-state index in [4.69, 9.17) is 23.2 Å². The normalized spacial score (nSPS) is 11.3. The Balaban J connectivity index is 1.59. The molecule has 0 bridgehead atoms. The van der Waals surface area contributed by atoms with E-state index in [0.29, 0.717) is 17.3 Å². The van der Waals surface area contributed by atoms with Crippen molar-refractivity contribution in [2.75, 3.05) is 23.1 Å². The highest BCUT2D eigenvalue weighted by molar-refractivity contribution is 7.98. The summed E-state index contributed by atoms with van der Waals surface area (Å²) in [5, 5.41) is 4.02. The van der Waals surface area contributed by atoms with Crippen LogP contribution in [-0.4, -0.2) is 33.2 Å². The summed E-state index contributed by atoms with van der Waals surface area (Å²) >= 11 is 13.8. The number of nitrogens with one attached hydrogen (secondary N) is 1. The van der Waals surface area contributed by atoms with Crippen LogP contribution in [0.4, 0.5) is 5.69 Å². The van der Waals surface area contributed by atoms with E-state index >= 15 is 0 Å².